The number of halogens is 3. The van der Waals surface area contributed by atoms with Gasteiger partial charge in [0.05, 0.1) is 29.6 Å². The Kier molecular flexibility index (Phi) is 3.15. The molecule has 1 atom stereocenters. The molecule has 1 fully saturated rings. The molecule has 1 aromatic rings. The summed E-state index contributed by atoms with van der Waals surface area (Å²) in [5, 5.41) is 3.07. The van der Waals surface area contributed by atoms with Gasteiger partial charge in [-0.3, -0.25) is 0 Å². The van der Waals surface area contributed by atoms with Crippen LogP contribution in [-0.4, -0.2) is 19.3 Å². The first-order chi connectivity index (χ1) is 7.97. The second-order valence-electron chi connectivity index (χ2n) is 4.00. The van der Waals surface area contributed by atoms with Gasteiger partial charge in [0.15, 0.2) is 0 Å². The summed E-state index contributed by atoms with van der Waals surface area (Å²) in [6, 6.07) is 3.44. The molecule has 1 heterocycles. The van der Waals surface area contributed by atoms with Crippen LogP contribution in [-0.2, 0) is 10.9 Å². The maximum Gasteiger partial charge on any atom is 0.416 e. The van der Waals surface area contributed by atoms with Gasteiger partial charge in [-0.2, -0.15) is 13.2 Å². The van der Waals surface area contributed by atoms with Crippen LogP contribution in [0.3, 0.4) is 0 Å². The molecular weight excluding hydrogens is 233 g/mol. The topological polar surface area (TPSA) is 47.3 Å². The number of hydrogen-bond acceptors (Lipinski definition) is 3. The van der Waals surface area contributed by atoms with E-state index in [-0.39, 0.29) is 11.7 Å². The molecule has 6 heteroatoms. The first-order valence-corrected chi connectivity index (χ1v) is 5.28. The summed E-state index contributed by atoms with van der Waals surface area (Å²) in [6.07, 6.45) is -3.52. The summed E-state index contributed by atoms with van der Waals surface area (Å²) in [5.74, 6) is 0. The van der Waals surface area contributed by atoms with Gasteiger partial charge in [0, 0.05) is 6.61 Å². The van der Waals surface area contributed by atoms with Crippen molar-refractivity contribution < 1.29 is 17.9 Å². The minimum absolute atomic E-state index is 0.103. The first kappa shape index (κ1) is 12.0. The Balaban J connectivity index is 2.14. The van der Waals surface area contributed by atoms with Crippen LogP contribution >= 0.6 is 0 Å². The molecule has 0 radical (unpaired) electrons. The van der Waals surface area contributed by atoms with Gasteiger partial charge in [0.25, 0.3) is 0 Å². The van der Waals surface area contributed by atoms with Crippen molar-refractivity contribution >= 4 is 11.4 Å². The van der Waals surface area contributed by atoms with Crippen LogP contribution in [0.1, 0.15) is 12.0 Å². The van der Waals surface area contributed by atoms with Crippen LogP contribution in [0.25, 0.3) is 0 Å². The molecule has 3 nitrogen and oxygen atoms in total. The third-order valence-electron chi connectivity index (χ3n) is 2.67. The van der Waals surface area contributed by atoms with E-state index in [9.17, 15) is 13.2 Å². The molecule has 0 spiro atoms. The fourth-order valence-electron chi connectivity index (χ4n) is 1.74. The zero-order chi connectivity index (χ0) is 12.5. The molecule has 0 aliphatic carbocycles. The summed E-state index contributed by atoms with van der Waals surface area (Å²) in [7, 11) is 0. The van der Waals surface area contributed by atoms with Crippen molar-refractivity contribution in [1.29, 1.82) is 0 Å². The van der Waals surface area contributed by atoms with Gasteiger partial charge in [-0.1, -0.05) is 0 Å². The first-order valence-electron chi connectivity index (χ1n) is 5.28. The normalized spacial score (nSPS) is 20.5. The number of nitrogens with one attached hydrogen (secondary N) is 1. The number of benzene rings is 1. The molecule has 0 amide bonds. The second kappa shape index (κ2) is 4.44. The standard InChI is InChI=1S/C11H13F3N2O/c12-11(13,14)7-1-2-10(9(15)5-7)16-8-3-4-17-6-8/h1-2,5,8,16H,3-4,6,15H2. The van der Waals surface area contributed by atoms with Crippen molar-refractivity contribution in [1.82, 2.24) is 0 Å². The fraction of sp³-hybridized carbons (Fsp3) is 0.455. The van der Waals surface area contributed by atoms with Crippen LogP contribution in [0, 0.1) is 0 Å². The number of hydrogen-bond donors (Lipinski definition) is 2. The molecule has 1 aromatic carbocycles. The van der Waals surface area contributed by atoms with Crippen LogP contribution in [0.4, 0.5) is 24.5 Å². The summed E-state index contributed by atoms with van der Waals surface area (Å²) >= 11 is 0. The molecule has 0 bridgehead atoms. The lowest BCUT2D eigenvalue weighted by Gasteiger charge is -2.15. The lowest BCUT2D eigenvalue weighted by atomic mass is 10.1. The summed E-state index contributed by atoms with van der Waals surface area (Å²) in [4.78, 5) is 0. The van der Waals surface area contributed by atoms with Crippen molar-refractivity contribution in [3.63, 3.8) is 0 Å². The Hall–Kier alpha value is -1.43. The van der Waals surface area contributed by atoms with Gasteiger partial charge in [-0.15, -0.1) is 0 Å². The predicted octanol–water partition coefficient (Wildman–Crippen LogP) is 2.49. The Bertz CT molecular complexity index is 400. The predicted molar refractivity (Wildman–Crippen MR) is 58.7 cm³/mol. The van der Waals surface area contributed by atoms with Crippen molar-refractivity contribution in [3.8, 4) is 0 Å². The molecule has 3 N–H and O–H groups in total. The number of anilines is 2. The largest absolute Gasteiger partial charge is 0.416 e. The van der Waals surface area contributed by atoms with E-state index >= 15 is 0 Å². The van der Waals surface area contributed by atoms with Crippen LogP contribution in [0.5, 0.6) is 0 Å². The summed E-state index contributed by atoms with van der Waals surface area (Å²) in [6.45, 7) is 1.22. The monoisotopic (exact) mass is 246 g/mol. The number of nitrogens with two attached hydrogens (primary N) is 1. The highest BCUT2D eigenvalue weighted by Crippen LogP contribution is 2.33. The lowest BCUT2D eigenvalue weighted by Crippen LogP contribution is -2.20. The average molecular weight is 246 g/mol. The smallest absolute Gasteiger partial charge is 0.397 e. The maximum atomic E-state index is 12.4. The zero-order valence-electron chi connectivity index (χ0n) is 9.05. The van der Waals surface area contributed by atoms with E-state index in [1.54, 1.807) is 0 Å². The third kappa shape index (κ3) is 2.82. The van der Waals surface area contributed by atoms with Crippen molar-refractivity contribution in [2.75, 3.05) is 24.3 Å². The molecule has 1 unspecified atom stereocenters. The molecule has 94 valence electrons. The molecule has 0 aromatic heterocycles. The minimum Gasteiger partial charge on any atom is -0.397 e. The van der Waals surface area contributed by atoms with E-state index in [4.69, 9.17) is 10.5 Å². The Morgan fingerprint density at radius 2 is 2.12 bits per heavy atom. The fourth-order valence-corrected chi connectivity index (χ4v) is 1.74. The van der Waals surface area contributed by atoms with Gasteiger partial charge < -0.3 is 15.8 Å². The van der Waals surface area contributed by atoms with E-state index in [0.29, 0.717) is 18.9 Å². The van der Waals surface area contributed by atoms with E-state index in [0.717, 1.165) is 18.6 Å². The average Bonchev–Trinajstić information content (AvgIpc) is 2.72. The molecule has 1 saturated heterocycles. The van der Waals surface area contributed by atoms with Gasteiger partial charge in [-0.05, 0) is 24.6 Å². The maximum absolute atomic E-state index is 12.4. The van der Waals surface area contributed by atoms with Gasteiger partial charge in [0.2, 0.25) is 0 Å². The zero-order valence-corrected chi connectivity index (χ0v) is 9.05. The number of alkyl halides is 3. The third-order valence-corrected chi connectivity index (χ3v) is 2.67. The van der Waals surface area contributed by atoms with E-state index in [2.05, 4.69) is 5.32 Å². The quantitative estimate of drug-likeness (QED) is 0.788. The molecular formula is C11H13F3N2O. The van der Waals surface area contributed by atoms with Crippen LogP contribution in [0.15, 0.2) is 18.2 Å². The SMILES string of the molecule is Nc1cc(C(F)(F)F)ccc1NC1CCOC1. The molecule has 1 aliphatic heterocycles. The number of rotatable bonds is 2. The molecule has 1 aliphatic rings. The molecule has 0 saturated carbocycles. The minimum atomic E-state index is -4.36. The number of nitrogen functional groups attached to an aromatic ring is 1. The van der Waals surface area contributed by atoms with E-state index in [1.807, 2.05) is 0 Å². The lowest BCUT2D eigenvalue weighted by molar-refractivity contribution is -0.137. The van der Waals surface area contributed by atoms with Crippen LogP contribution in [0.2, 0.25) is 0 Å². The summed E-state index contributed by atoms with van der Waals surface area (Å²) < 4.78 is 42.4. The van der Waals surface area contributed by atoms with Crippen LogP contribution < -0.4 is 11.1 Å². The Morgan fingerprint density at radius 3 is 2.65 bits per heavy atom. The number of ether oxygens (including phenoxy) is 1. The Morgan fingerprint density at radius 1 is 1.35 bits per heavy atom. The van der Waals surface area contributed by atoms with E-state index in [1.165, 1.54) is 6.07 Å². The Labute approximate surface area is 96.8 Å². The van der Waals surface area contributed by atoms with Crippen molar-refractivity contribution in [2.24, 2.45) is 0 Å². The highest BCUT2D eigenvalue weighted by atomic mass is 19.4. The highest BCUT2D eigenvalue weighted by molar-refractivity contribution is 5.67. The summed E-state index contributed by atoms with van der Waals surface area (Å²) in [5.41, 5.74) is 5.48. The molecule has 17 heavy (non-hydrogen) atoms. The second-order valence-corrected chi connectivity index (χ2v) is 4.00. The highest BCUT2D eigenvalue weighted by Gasteiger charge is 2.31. The van der Waals surface area contributed by atoms with Gasteiger partial charge in [-0.25, -0.2) is 0 Å². The molecule has 2 rings (SSSR count). The van der Waals surface area contributed by atoms with Crippen molar-refractivity contribution in [2.45, 2.75) is 18.6 Å². The van der Waals surface area contributed by atoms with Gasteiger partial charge in [0.1, 0.15) is 0 Å². The van der Waals surface area contributed by atoms with Gasteiger partial charge >= 0.3 is 6.18 Å². The van der Waals surface area contributed by atoms with E-state index < -0.39 is 11.7 Å². The van der Waals surface area contributed by atoms with Crippen molar-refractivity contribution in [3.05, 3.63) is 23.8 Å².